The van der Waals surface area contributed by atoms with E-state index in [2.05, 4.69) is 21.1 Å². The zero-order chi connectivity index (χ0) is 27.8. The fourth-order valence-corrected chi connectivity index (χ4v) is 3.78. The van der Waals surface area contributed by atoms with E-state index in [9.17, 15) is 14.9 Å². The van der Waals surface area contributed by atoms with Gasteiger partial charge in [0, 0.05) is 23.6 Å². The third-order valence-electron chi connectivity index (χ3n) is 5.51. The van der Waals surface area contributed by atoms with Crippen molar-refractivity contribution in [2.75, 3.05) is 6.61 Å². The van der Waals surface area contributed by atoms with E-state index in [1.807, 2.05) is 51.1 Å². The predicted molar refractivity (Wildman–Crippen MR) is 146 cm³/mol. The van der Waals surface area contributed by atoms with Crippen molar-refractivity contribution >= 4 is 5.97 Å². The van der Waals surface area contributed by atoms with E-state index in [1.54, 1.807) is 36.7 Å². The smallest absolute Gasteiger partial charge is 0.306 e. The largest absolute Gasteiger partial charge is 0.490 e. The molecule has 0 fully saturated rings. The van der Waals surface area contributed by atoms with Gasteiger partial charge in [-0.1, -0.05) is 30.3 Å². The Morgan fingerprint density at radius 1 is 1.00 bits per heavy atom. The van der Waals surface area contributed by atoms with Crippen molar-refractivity contribution in [3.63, 3.8) is 0 Å². The Hall–Kier alpha value is -4.84. The molecule has 2 heterocycles. The summed E-state index contributed by atoms with van der Waals surface area (Å²) in [5.74, 6) is 0.766. The van der Waals surface area contributed by atoms with Crippen molar-refractivity contribution in [2.24, 2.45) is 0 Å². The van der Waals surface area contributed by atoms with Gasteiger partial charge in [-0.2, -0.15) is 10.4 Å². The second-order valence-electron chi connectivity index (χ2n) is 9.89. The highest BCUT2D eigenvalue weighted by Gasteiger charge is 2.15. The molecule has 0 aliphatic heterocycles. The molecule has 4 rings (SSSR count). The highest BCUT2D eigenvalue weighted by Crippen LogP contribution is 2.20. The Balaban J connectivity index is 1.40. The van der Waals surface area contributed by atoms with Crippen LogP contribution in [0.4, 0.5) is 0 Å². The fraction of sp³-hybridized carbons (Fsp3) is 0.267. The highest BCUT2D eigenvalue weighted by atomic mass is 16.6. The predicted octanol–water partition coefficient (Wildman–Crippen LogP) is 4.79. The van der Waals surface area contributed by atoms with E-state index in [-0.39, 0.29) is 24.5 Å². The van der Waals surface area contributed by atoms with Crippen molar-refractivity contribution in [2.45, 2.75) is 45.8 Å². The van der Waals surface area contributed by atoms with Crippen molar-refractivity contribution < 1.29 is 14.3 Å². The van der Waals surface area contributed by atoms with E-state index in [0.29, 0.717) is 35.9 Å². The Bertz CT molecular complexity index is 1550. The summed E-state index contributed by atoms with van der Waals surface area (Å²) in [4.78, 5) is 33.1. The van der Waals surface area contributed by atoms with Gasteiger partial charge in [0.15, 0.2) is 11.6 Å². The van der Waals surface area contributed by atoms with Crippen LogP contribution in [-0.4, -0.2) is 37.9 Å². The van der Waals surface area contributed by atoms with Gasteiger partial charge >= 0.3 is 5.97 Å². The van der Waals surface area contributed by atoms with Crippen molar-refractivity contribution in [3.05, 3.63) is 94.5 Å². The number of hydrogen-bond acceptors (Lipinski definition) is 8. The summed E-state index contributed by atoms with van der Waals surface area (Å²) in [6.07, 6.45) is 3.98. The van der Waals surface area contributed by atoms with Crippen LogP contribution < -0.4 is 10.3 Å². The number of aromatic nitrogens is 4. The van der Waals surface area contributed by atoms with Crippen LogP contribution in [0.3, 0.4) is 0 Å². The van der Waals surface area contributed by atoms with Gasteiger partial charge in [-0.05, 0) is 57.0 Å². The van der Waals surface area contributed by atoms with Crippen molar-refractivity contribution in [3.8, 4) is 34.5 Å². The number of esters is 1. The molecule has 0 aliphatic rings. The lowest BCUT2D eigenvalue weighted by atomic mass is 10.1. The average Bonchev–Trinajstić information content (AvgIpc) is 2.92. The molecule has 0 saturated carbocycles. The van der Waals surface area contributed by atoms with Crippen LogP contribution in [0.5, 0.6) is 5.75 Å². The minimum atomic E-state index is -0.499. The Morgan fingerprint density at radius 2 is 1.74 bits per heavy atom. The lowest BCUT2D eigenvalue weighted by Gasteiger charge is -2.19. The zero-order valence-corrected chi connectivity index (χ0v) is 22.1. The van der Waals surface area contributed by atoms with Crippen molar-refractivity contribution in [1.29, 1.82) is 5.26 Å². The topological polar surface area (TPSA) is 120 Å². The van der Waals surface area contributed by atoms with Gasteiger partial charge in [-0.15, -0.1) is 0 Å². The number of hydrogen-bond donors (Lipinski definition) is 0. The number of carbonyl (C=O) groups is 1. The summed E-state index contributed by atoms with van der Waals surface area (Å²) >= 11 is 0. The summed E-state index contributed by atoms with van der Waals surface area (Å²) < 4.78 is 12.3. The Morgan fingerprint density at radius 3 is 2.49 bits per heavy atom. The second-order valence-corrected chi connectivity index (χ2v) is 9.89. The summed E-state index contributed by atoms with van der Waals surface area (Å²) in [6, 6.07) is 19.9. The maximum absolute atomic E-state index is 12.5. The quantitative estimate of drug-likeness (QED) is 0.227. The first kappa shape index (κ1) is 27.2. The number of benzene rings is 2. The number of carbonyl (C=O) groups excluding carboxylic acids is 1. The van der Waals surface area contributed by atoms with Crippen LogP contribution in [0.1, 0.15) is 44.7 Å². The molecule has 9 heteroatoms. The van der Waals surface area contributed by atoms with Crippen molar-refractivity contribution in [1.82, 2.24) is 19.7 Å². The first-order valence-corrected chi connectivity index (χ1v) is 12.5. The molecule has 2 aromatic heterocycles. The van der Waals surface area contributed by atoms with Gasteiger partial charge in [0.2, 0.25) is 0 Å². The monoisotopic (exact) mass is 523 g/mol. The zero-order valence-electron chi connectivity index (χ0n) is 22.1. The SMILES string of the molecule is CC(C)(C)OC(=O)CCCOc1cnc(-c2cccc(Cn3nc(-c4cccc(C#N)c4)ccc3=O)c2)nc1. The Labute approximate surface area is 226 Å². The molecule has 4 aromatic rings. The molecular weight excluding hydrogens is 494 g/mol. The highest BCUT2D eigenvalue weighted by molar-refractivity contribution is 5.69. The summed E-state index contributed by atoms with van der Waals surface area (Å²) in [5, 5.41) is 13.7. The lowest BCUT2D eigenvalue weighted by molar-refractivity contribution is -0.155. The van der Waals surface area contributed by atoms with Gasteiger partial charge in [0.1, 0.15) is 5.60 Å². The molecule has 0 amide bonds. The number of ether oxygens (including phenoxy) is 2. The summed E-state index contributed by atoms with van der Waals surface area (Å²) in [5.41, 5.74) is 2.80. The molecule has 2 aromatic carbocycles. The molecular formula is C30H29N5O4. The molecule has 0 saturated heterocycles. The van der Waals surface area contributed by atoms with Gasteiger partial charge in [-0.25, -0.2) is 14.6 Å². The molecule has 0 unspecified atom stereocenters. The van der Waals surface area contributed by atoms with Crippen LogP contribution in [-0.2, 0) is 16.1 Å². The summed E-state index contributed by atoms with van der Waals surface area (Å²) in [7, 11) is 0. The molecule has 0 radical (unpaired) electrons. The van der Waals surface area contributed by atoms with E-state index < -0.39 is 5.60 Å². The summed E-state index contributed by atoms with van der Waals surface area (Å²) in [6.45, 7) is 6.12. The lowest BCUT2D eigenvalue weighted by Crippen LogP contribution is -2.23. The number of rotatable bonds is 9. The molecule has 0 bridgehead atoms. The minimum Gasteiger partial charge on any atom is -0.490 e. The molecule has 9 nitrogen and oxygen atoms in total. The van der Waals surface area contributed by atoms with Gasteiger partial charge in [-0.3, -0.25) is 9.59 Å². The standard InChI is InChI=1S/C30H29N5O4/c1-30(2,3)39-28(37)11-6-14-38-25-18-32-29(33-19-25)24-10-5-8-22(16-24)20-35-27(36)13-12-26(34-35)23-9-4-7-21(15-23)17-31/h4-5,7-10,12-13,15-16,18-19H,6,11,14,20H2,1-3H3. The van der Waals surface area contributed by atoms with Crippen LogP contribution in [0.2, 0.25) is 0 Å². The van der Waals surface area contributed by atoms with Crippen LogP contribution in [0, 0.1) is 11.3 Å². The molecule has 0 aliphatic carbocycles. The maximum Gasteiger partial charge on any atom is 0.306 e. The average molecular weight is 524 g/mol. The normalized spacial score (nSPS) is 11.0. The third kappa shape index (κ3) is 7.82. The van der Waals surface area contributed by atoms with E-state index >= 15 is 0 Å². The second kappa shape index (κ2) is 12.1. The number of nitrogens with zero attached hydrogens (tertiary/aromatic N) is 5. The van der Waals surface area contributed by atoms with Crippen LogP contribution >= 0.6 is 0 Å². The fourth-order valence-electron chi connectivity index (χ4n) is 3.78. The van der Waals surface area contributed by atoms with Gasteiger partial charge in [0.25, 0.3) is 5.56 Å². The first-order chi connectivity index (χ1) is 18.7. The van der Waals surface area contributed by atoms with E-state index in [0.717, 1.165) is 16.7 Å². The molecule has 0 atom stereocenters. The molecule has 198 valence electrons. The van der Waals surface area contributed by atoms with Gasteiger partial charge in [0.05, 0.1) is 42.9 Å². The minimum absolute atomic E-state index is 0.231. The first-order valence-electron chi connectivity index (χ1n) is 12.5. The third-order valence-corrected chi connectivity index (χ3v) is 5.51. The van der Waals surface area contributed by atoms with E-state index in [1.165, 1.54) is 10.7 Å². The molecule has 39 heavy (non-hydrogen) atoms. The maximum atomic E-state index is 12.5. The van der Waals surface area contributed by atoms with Crippen LogP contribution in [0.15, 0.2) is 77.9 Å². The van der Waals surface area contributed by atoms with Gasteiger partial charge < -0.3 is 9.47 Å². The molecule has 0 N–H and O–H groups in total. The van der Waals surface area contributed by atoms with Crippen LogP contribution in [0.25, 0.3) is 22.6 Å². The number of nitriles is 1. The van der Waals surface area contributed by atoms with E-state index in [4.69, 9.17) is 9.47 Å². The molecule has 0 spiro atoms. The Kier molecular flexibility index (Phi) is 8.46.